The van der Waals surface area contributed by atoms with Gasteiger partial charge < -0.3 is 10.1 Å². The molecule has 0 amide bonds. The van der Waals surface area contributed by atoms with Crippen molar-refractivity contribution in [2.24, 2.45) is 0 Å². The van der Waals surface area contributed by atoms with Crippen LogP contribution in [0, 0.1) is 0 Å². The fourth-order valence-electron chi connectivity index (χ4n) is 1.54. The quantitative estimate of drug-likeness (QED) is 0.716. The van der Waals surface area contributed by atoms with Gasteiger partial charge in [0.2, 0.25) is 0 Å². The first kappa shape index (κ1) is 14.4. The van der Waals surface area contributed by atoms with Crippen LogP contribution in [0.15, 0.2) is 29.2 Å². The zero-order valence-electron chi connectivity index (χ0n) is 11.0. The highest BCUT2D eigenvalue weighted by Gasteiger charge is 2.05. The second-order valence-corrected chi connectivity index (χ2v) is 5.14. The third kappa shape index (κ3) is 5.46. The standard InChI is InChI=1S/C14H23NOS/c1-4-10-15-12(5-2)11-17-14-8-6-13(16-3)7-9-14/h6-9,12,15H,4-5,10-11H2,1-3H3. The molecule has 0 saturated carbocycles. The lowest BCUT2D eigenvalue weighted by Gasteiger charge is -2.16. The van der Waals surface area contributed by atoms with Crippen LogP contribution in [0.25, 0.3) is 0 Å². The second kappa shape index (κ2) is 8.43. The van der Waals surface area contributed by atoms with Crippen LogP contribution >= 0.6 is 11.8 Å². The molecule has 0 heterocycles. The summed E-state index contributed by atoms with van der Waals surface area (Å²) in [4.78, 5) is 1.31. The third-order valence-corrected chi connectivity index (χ3v) is 3.86. The molecule has 1 aromatic carbocycles. The fraction of sp³-hybridized carbons (Fsp3) is 0.571. The Morgan fingerprint density at radius 2 is 1.94 bits per heavy atom. The molecule has 0 spiro atoms. The van der Waals surface area contributed by atoms with E-state index in [1.165, 1.54) is 17.7 Å². The Hall–Kier alpha value is -0.670. The Morgan fingerprint density at radius 3 is 2.47 bits per heavy atom. The monoisotopic (exact) mass is 253 g/mol. The molecule has 3 heteroatoms. The molecule has 2 nitrogen and oxygen atoms in total. The molecule has 0 bridgehead atoms. The van der Waals surface area contributed by atoms with Crippen molar-refractivity contribution >= 4 is 11.8 Å². The summed E-state index contributed by atoms with van der Waals surface area (Å²) in [6.45, 7) is 5.56. The van der Waals surface area contributed by atoms with Gasteiger partial charge in [-0.05, 0) is 43.7 Å². The van der Waals surface area contributed by atoms with E-state index in [0.717, 1.165) is 18.0 Å². The summed E-state index contributed by atoms with van der Waals surface area (Å²) in [5.41, 5.74) is 0. The Morgan fingerprint density at radius 1 is 1.24 bits per heavy atom. The second-order valence-electron chi connectivity index (χ2n) is 4.05. The Kier molecular flexibility index (Phi) is 7.13. The molecular formula is C14H23NOS. The molecule has 17 heavy (non-hydrogen) atoms. The maximum Gasteiger partial charge on any atom is 0.118 e. The van der Waals surface area contributed by atoms with Gasteiger partial charge in [-0.3, -0.25) is 0 Å². The lowest BCUT2D eigenvalue weighted by atomic mass is 10.2. The summed E-state index contributed by atoms with van der Waals surface area (Å²) in [7, 11) is 1.70. The average molecular weight is 253 g/mol. The summed E-state index contributed by atoms with van der Waals surface area (Å²) < 4.78 is 5.15. The van der Waals surface area contributed by atoms with Crippen molar-refractivity contribution in [2.45, 2.75) is 37.6 Å². The number of hydrogen-bond acceptors (Lipinski definition) is 3. The first-order chi connectivity index (χ1) is 8.30. The number of thioether (sulfide) groups is 1. The van der Waals surface area contributed by atoms with E-state index in [4.69, 9.17) is 4.74 Å². The zero-order chi connectivity index (χ0) is 12.5. The lowest BCUT2D eigenvalue weighted by Crippen LogP contribution is -2.31. The van der Waals surface area contributed by atoms with Crippen LogP contribution in [-0.4, -0.2) is 25.4 Å². The Labute approximate surface area is 109 Å². The van der Waals surface area contributed by atoms with Crippen LogP contribution in [0.5, 0.6) is 5.75 Å². The minimum atomic E-state index is 0.613. The number of nitrogens with one attached hydrogen (secondary N) is 1. The molecule has 0 radical (unpaired) electrons. The van der Waals surface area contributed by atoms with Gasteiger partial charge in [-0.1, -0.05) is 13.8 Å². The van der Waals surface area contributed by atoms with E-state index in [2.05, 4.69) is 31.3 Å². The van der Waals surface area contributed by atoms with Gasteiger partial charge in [0.05, 0.1) is 7.11 Å². The minimum absolute atomic E-state index is 0.613. The predicted octanol–water partition coefficient (Wildman–Crippen LogP) is 3.57. The molecule has 0 aromatic heterocycles. The van der Waals surface area contributed by atoms with E-state index in [-0.39, 0.29) is 0 Å². The van der Waals surface area contributed by atoms with Crippen LogP contribution in [-0.2, 0) is 0 Å². The number of methoxy groups -OCH3 is 1. The molecule has 1 atom stereocenters. The van der Waals surface area contributed by atoms with Crippen molar-refractivity contribution in [1.82, 2.24) is 5.32 Å². The summed E-state index contributed by atoms with van der Waals surface area (Å²) in [6, 6.07) is 8.89. The Bertz CT molecular complexity index is 300. The molecule has 0 saturated heterocycles. The van der Waals surface area contributed by atoms with Gasteiger partial charge >= 0.3 is 0 Å². The summed E-state index contributed by atoms with van der Waals surface area (Å²) >= 11 is 1.90. The molecule has 0 aliphatic heterocycles. The Balaban J connectivity index is 2.36. The smallest absolute Gasteiger partial charge is 0.118 e. The SMILES string of the molecule is CCCNC(CC)CSc1ccc(OC)cc1. The molecule has 96 valence electrons. The molecular weight excluding hydrogens is 230 g/mol. The number of rotatable bonds is 8. The van der Waals surface area contributed by atoms with Gasteiger partial charge in [0.1, 0.15) is 5.75 Å². The highest BCUT2D eigenvalue weighted by Crippen LogP contribution is 2.22. The normalized spacial score (nSPS) is 12.4. The van der Waals surface area contributed by atoms with Gasteiger partial charge in [0.15, 0.2) is 0 Å². The minimum Gasteiger partial charge on any atom is -0.497 e. The lowest BCUT2D eigenvalue weighted by molar-refractivity contribution is 0.414. The van der Waals surface area contributed by atoms with E-state index >= 15 is 0 Å². The third-order valence-electron chi connectivity index (χ3n) is 2.69. The molecule has 0 aliphatic rings. The van der Waals surface area contributed by atoms with Crippen molar-refractivity contribution in [3.05, 3.63) is 24.3 Å². The van der Waals surface area contributed by atoms with Crippen molar-refractivity contribution in [1.29, 1.82) is 0 Å². The van der Waals surface area contributed by atoms with Gasteiger partial charge in [0, 0.05) is 16.7 Å². The van der Waals surface area contributed by atoms with E-state index in [9.17, 15) is 0 Å². The first-order valence-electron chi connectivity index (χ1n) is 6.30. The van der Waals surface area contributed by atoms with Gasteiger partial charge in [-0.2, -0.15) is 0 Å². The van der Waals surface area contributed by atoms with E-state index in [0.29, 0.717) is 6.04 Å². The summed E-state index contributed by atoms with van der Waals surface area (Å²) in [6.07, 6.45) is 2.38. The van der Waals surface area contributed by atoms with Gasteiger partial charge in [-0.15, -0.1) is 11.8 Å². The number of benzene rings is 1. The van der Waals surface area contributed by atoms with Crippen LogP contribution in [0.4, 0.5) is 0 Å². The van der Waals surface area contributed by atoms with Crippen molar-refractivity contribution in [3.8, 4) is 5.75 Å². The maximum atomic E-state index is 5.15. The van der Waals surface area contributed by atoms with E-state index < -0.39 is 0 Å². The molecule has 1 unspecified atom stereocenters. The van der Waals surface area contributed by atoms with Crippen LogP contribution in [0.1, 0.15) is 26.7 Å². The topological polar surface area (TPSA) is 21.3 Å². The highest BCUT2D eigenvalue weighted by molar-refractivity contribution is 7.99. The molecule has 1 N–H and O–H groups in total. The first-order valence-corrected chi connectivity index (χ1v) is 7.29. The van der Waals surface area contributed by atoms with Crippen molar-refractivity contribution < 1.29 is 4.74 Å². The van der Waals surface area contributed by atoms with Gasteiger partial charge in [-0.25, -0.2) is 0 Å². The predicted molar refractivity (Wildman–Crippen MR) is 76.1 cm³/mol. The number of ether oxygens (including phenoxy) is 1. The van der Waals surface area contributed by atoms with Crippen molar-refractivity contribution in [3.63, 3.8) is 0 Å². The zero-order valence-corrected chi connectivity index (χ0v) is 11.8. The van der Waals surface area contributed by atoms with Crippen LogP contribution < -0.4 is 10.1 Å². The summed E-state index contributed by atoms with van der Waals surface area (Å²) in [5, 5.41) is 3.57. The summed E-state index contributed by atoms with van der Waals surface area (Å²) in [5.74, 6) is 2.05. The van der Waals surface area contributed by atoms with Crippen LogP contribution in [0.2, 0.25) is 0 Å². The van der Waals surface area contributed by atoms with Crippen LogP contribution in [0.3, 0.4) is 0 Å². The van der Waals surface area contributed by atoms with Gasteiger partial charge in [0.25, 0.3) is 0 Å². The maximum absolute atomic E-state index is 5.15. The van der Waals surface area contributed by atoms with E-state index in [1.54, 1.807) is 7.11 Å². The molecule has 0 aliphatic carbocycles. The van der Waals surface area contributed by atoms with Crippen molar-refractivity contribution in [2.75, 3.05) is 19.4 Å². The molecule has 0 fully saturated rings. The number of hydrogen-bond donors (Lipinski definition) is 1. The molecule has 1 rings (SSSR count). The molecule has 1 aromatic rings. The van der Waals surface area contributed by atoms with E-state index in [1.807, 2.05) is 23.9 Å². The fourth-order valence-corrected chi connectivity index (χ4v) is 2.61. The largest absolute Gasteiger partial charge is 0.497 e. The average Bonchev–Trinajstić information content (AvgIpc) is 2.39. The highest BCUT2D eigenvalue weighted by atomic mass is 32.2.